The fraction of sp³-hybridized carbons (Fsp3) is 0.294. The fourth-order valence-electron chi connectivity index (χ4n) is 2.79. The Labute approximate surface area is 130 Å². The van der Waals surface area contributed by atoms with Gasteiger partial charge in [0.05, 0.1) is 0 Å². The van der Waals surface area contributed by atoms with E-state index < -0.39 is 0 Å². The SMILES string of the molecule is NCC(c1ccc(Cl)cc1)N1CCOc2ccccc2C1. The highest BCUT2D eigenvalue weighted by Crippen LogP contribution is 2.28. The second-order valence-corrected chi connectivity index (χ2v) is 5.67. The van der Waals surface area contributed by atoms with Crippen LogP contribution in [0.2, 0.25) is 5.02 Å². The summed E-state index contributed by atoms with van der Waals surface area (Å²) in [6.07, 6.45) is 0. The van der Waals surface area contributed by atoms with E-state index >= 15 is 0 Å². The van der Waals surface area contributed by atoms with Crippen LogP contribution in [-0.4, -0.2) is 24.6 Å². The van der Waals surface area contributed by atoms with Crippen LogP contribution in [0.5, 0.6) is 5.75 Å². The zero-order valence-electron chi connectivity index (χ0n) is 11.8. The number of hydrogen-bond acceptors (Lipinski definition) is 3. The molecule has 0 spiro atoms. The van der Waals surface area contributed by atoms with Crippen LogP contribution in [0.4, 0.5) is 0 Å². The van der Waals surface area contributed by atoms with E-state index in [0.717, 1.165) is 23.9 Å². The standard InChI is InChI=1S/C17H19ClN2O/c18-15-7-5-13(6-8-15)16(11-19)20-9-10-21-17-4-2-1-3-14(17)12-20/h1-8,16H,9-12,19H2. The Kier molecular flexibility index (Phi) is 4.44. The predicted molar refractivity (Wildman–Crippen MR) is 85.6 cm³/mol. The minimum atomic E-state index is 0.178. The van der Waals surface area contributed by atoms with Crippen molar-refractivity contribution in [2.45, 2.75) is 12.6 Å². The lowest BCUT2D eigenvalue weighted by Crippen LogP contribution is -2.34. The minimum Gasteiger partial charge on any atom is -0.492 e. The summed E-state index contributed by atoms with van der Waals surface area (Å²) in [5, 5.41) is 0.749. The van der Waals surface area contributed by atoms with Crippen LogP contribution in [0.25, 0.3) is 0 Å². The Hall–Kier alpha value is -1.55. The third-order valence-corrected chi connectivity index (χ3v) is 4.15. The highest BCUT2D eigenvalue weighted by atomic mass is 35.5. The van der Waals surface area contributed by atoms with Crippen molar-refractivity contribution in [1.82, 2.24) is 4.90 Å². The molecule has 2 N–H and O–H groups in total. The number of fused-ring (bicyclic) bond motifs is 1. The molecule has 3 rings (SSSR count). The van der Waals surface area contributed by atoms with Crippen molar-refractivity contribution < 1.29 is 4.74 Å². The summed E-state index contributed by atoms with van der Waals surface area (Å²) in [7, 11) is 0. The van der Waals surface area contributed by atoms with Crippen molar-refractivity contribution >= 4 is 11.6 Å². The molecule has 0 saturated heterocycles. The zero-order chi connectivity index (χ0) is 14.7. The monoisotopic (exact) mass is 302 g/mol. The summed E-state index contributed by atoms with van der Waals surface area (Å²) in [5.41, 5.74) is 8.44. The smallest absolute Gasteiger partial charge is 0.123 e. The number of nitrogens with zero attached hydrogens (tertiary/aromatic N) is 1. The van der Waals surface area contributed by atoms with Gasteiger partial charge in [0.2, 0.25) is 0 Å². The Morgan fingerprint density at radius 2 is 1.90 bits per heavy atom. The molecule has 1 unspecified atom stereocenters. The summed E-state index contributed by atoms with van der Waals surface area (Å²) in [4.78, 5) is 2.37. The normalized spacial score (nSPS) is 16.7. The second-order valence-electron chi connectivity index (χ2n) is 5.23. The number of para-hydroxylation sites is 1. The van der Waals surface area contributed by atoms with E-state index in [-0.39, 0.29) is 6.04 Å². The molecule has 0 saturated carbocycles. The Morgan fingerprint density at radius 3 is 2.67 bits per heavy atom. The zero-order valence-corrected chi connectivity index (χ0v) is 12.6. The van der Waals surface area contributed by atoms with Gasteiger partial charge in [0, 0.05) is 36.3 Å². The first-order chi connectivity index (χ1) is 10.3. The molecule has 0 aromatic heterocycles. The van der Waals surface area contributed by atoms with E-state index in [1.807, 2.05) is 30.3 Å². The first kappa shape index (κ1) is 14.4. The van der Waals surface area contributed by atoms with Crippen molar-refractivity contribution in [3.05, 3.63) is 64.7 Å². The van der Waals surface area contributed by atoms with Gasteiger partial charge in [-0.25, -0.2) is 0 Å². The number of benzene rings is 2. The largest absolute Gasteiger partial charge is 0.492 e. The maximum atomic E-state index is 6.03. The van der Waals surface area contributed by atoms with Gasteiger partial charge in [-0.3, -0.25) is 4.90 Å². The number of rotatable bonds is 3. The molecule has 2 aromatic rings. The lowest BCUT2D eigenvalue weighted by atomic mass is 10.0. The van der Waals surface area contributed by atoms with Gasteiger partial charge in [-0.05, 0) is 23.8 Å². The predicted octanol–water partition coefficient (Wildman–Crippen LogP) is 3.23. The summed E-state index contributed by atoms with van der Waals surface area (Å²) >= 11 is 5.97. The highest BCUT2D eigenvalue weighted by Gasteiger charge is 2.22. The quantitative estimate of drug-likeness (QED) is 0.946. The van der Waals surface area contributed by atoms with Crippen molar-refractivity contribution in [1.29, 1.82) is 0 Å². The van der Waals surface area contributed by atoms with Crippen molar-refractivity contribution in [3.63, 3.8) is 0 Å². The van der Waals surface area contributed by atoms with Gasteiger partial charge >= 0.3 is 0 Å². The van der Waals surface area contributed by atoms with Crippen molar-refractivity contribution in [2.24, 2.45) is 5.73 Å². The molecule has 0 bridgehead atoms. The number of nitrogens with two attached hydrogens (primary N) is 1. The number of halogens is 1. The highest BCUT2D eigenvalue weighted by molar-refractivity contribution is 6.30. The van der Waals surface area contributed by atoms with Crippen LogP contribution >= 0.6 is 11.6 Å². The molecule has 0 amide bonds. The van der Waals surface area contributed by atoms with Gasteiger partial charge in [-0.1, -0.05) is 41.9 Å². The van der Waals surface area contributed by atoms with Crippen molar-refractivity contribution in [2.75, 3.05) is 19.7 Å². The van der Waals surface area contributed by atoms with Crippen molar-refractivity contribution in [3.8, 4) is 5.75 Å². The lowest BCUT2D eigenvalue weighted by Gasteiger charge is -2.29. The Bertz CT molecular complexity index is 600. The van der Waals surface area contributed by atoms with Gasteiger partial charge in [0.1, 0.15) is 12.4 Å². The lowest BCUT2D eigenvalue weighted by molar-refractivity contribution is 0.173. The molecule has 1 heterocycles. The topological polar surface area (TPSA) is 38.5 Å². The Balaban J connectivity index is 1.86. The van der Waals surface area contributed by atoms with Gasteiger partial charge < -0.3 is 10.5 Å². The molecule has 0 radical (unpaired) electrons. The third kappa shape index (κ3) is 3.21. The van der Waals surface area contributed by atoms with E-state index in [0.29, 0.717) is 13.2 Å². The molecular formula is C17H19ClN2O. The molecule has 2 aromatic carbocycles. The van der Waals surface area contributed by atoms with E-state index in [9.17, 15) is 0 Å². The van der Waals surface area contributed by atoms with E-state index in [1.54, 1.807) is 0 Å². The summed E-state index contributed by atoms with van der Waals surface area (Å²) < 4.78 is 5.82. The molecule has 1 atom stereocenters. The molecule has 1 aliphatic heterocycles. The molecule has 0 aliphatic carbocycles. The molecule has 110 valence electrons. The number of ether oxygens (including phenoxy) is 1. The molecular weight excluding hydrogens is 284 g/mol. The molecule has 21 heavy (non-hydrogen) atoms. The summed E-state index contributed by atoms with van der Waals surface area (Å²) in [6.45, 7) is 2.96. The van der Waals surface area contributed by atoms with Crippen LogP contribution in [-0.2, 0) is 6.54 Å². The van der Waals surface area contributed by atoms with Gasteiger partial charge in [0.15, 0.2) is 0 Å². The molecule has 3 nitrogen and oxygen atoms in total. The van der Waals surface area contributed by atoms with Crippen LogP contribution in [0.1, 0.15) is 17.2 Å². The van der Waals surface area contributed by atoms with Crippen LogP contribution in [0.15, 0.2) is 48.5 Å². The summed E-state index contributed by atoms with van der Waals surface area (Å²) in [5.74, 6) is 0.979. The Morgan fingerprint density at radius 1 is 1.14 bits per heavy atom. The second kappa shape index (κ2) is 6.48. The molecule has 0 fully saturated rings. The average Bonchev–Trinajstić information content (AvgIpc) is 2.72. The van der Waals surface area contributed by atoms with Crippen LogP contribution in [0, 0.1) is 0 Å². The minimum absolute atomic E-state index is 0.178. The third-order valence-electron chi connectivity index (χ3n) is 3.90. The fourth-order valence-corrected chi connectivity index (χ4v) is 2.92. The number of hydrogen-bond donors (Lipinski definition) is 1. The maximum Gasteiger partial charge on any atom is 0.123 e. The van der Waals surface area contributed by atoms with E-state index in [1.165, 1.54) is 11.1 Å². The molecule has 4 heteroatoms. The summed E-state index contributed by atoms with van der Waals surface area (Å²) in [6, 6.07) is 16.3. The van der Waals surface area contributed by atoms with E-state index in [4.69, 9.17) is 22.1 Å². The first-order valence-corrected chi connectivity index (χ1v) is 7.56. The van der Waals surface area contributed by atoms with Gasteiger partial charge in [-0.2, -0.15) is 0 Å². The van der Waals surface area contributed by atoms with Gasteiger partial charge in [0.25, 0.3) is 0 Å². The average molecular weight is 303 g/mol. The molecule has 1 aliphatic rings. The van der Waals surface area contributed by atoms with Gasteiger partial charge in [-0.15, -0.1) is 0 Å². The van der Waals surface area contributed by atoms with Crippen LogP contribution in [0.3, 0.4) is 0 Å². The maximum absolute atomic E-state index is 6.03. The van der Waals surface area contributed by atoms with E-state index in [2.05, 4.69) is 23.1 Å². The first-order valence-electron chi connectivity index (χ1n) is 7.18. The van der Waals surface area contributed by atoms with Crippen LogP contribution < -0.4 is 10.5 Å².